The van der Waals surface area contributed by atoms with Gasteiger partial charge in [0.15, 0.2) is 0 Å². The average molecular weight is 236 g/mol. The fraction of sp³-hybridized carbons (Fsp3) is 0.111. The number of methoxy groups -OCH3 is 1. The van der Waals surface area contributed by atoms with Gasteiger partial charge in [-0.05, 0) is 6.07 Å². The number of amides is 1. The number of benzene rings is 1. The molecule has 0 spiro atoms. The summed E-state index contributed by atoms with van der Waals surface area (Å²) in [6.45, 7) is 0. The second-order valence-electron chi connectivity index (χ2n) is 3.16. The number of ether oxygens (including phenoxy) is 1. The van der Waals surface area contributed by atoms with Crippen LogP contribution in [0.4, 0.5) is 16.4 Å². The number of anilines is 1. The number of hydrogen-bond acceptors (Lipinski definition) is 5. The number of nitro groups is 1. The van der Waals surface area contributed by atoms with Crippen molar-refractivity contribution in [1.82, 2.24) is 9.97 Å². The third-order valence-corrected chi connectivity index (χ3v) is 2.08. The van der Waals surface area contributed by atoms with Crippen molar-refractivity contribution in [2.45, 2.75) is 0 Å². The van der Waals surface area contributed by atoms with Crippen LogP contribution in [0.2, 0.25) is 0 Å². The monoisotopic (exact) mass is 236 g/mol. The lowest BCUT2D eigenvalue weighted by molar-refractivity contribution is -0.384. The number of nitro benzene ring substituents is 1. The fourth-order valence-electron chi connectivity index (χ4n) is 1.32. The number of aromatic amines is 1. The first-order chi connectivity index (χ1) is 8.10. The van der Waals surface area contributed by atoms with Crippen LogP contribution in [0.15, 0.2) is 18.2 Å². The molecule has 2 rings (SSSR count). The van der Waals surface area contributed by atoms with Crippen molar-refractivity contribution in [3.63, 3.8) is 0 Å². The molecule has 8 nitrogen and oxygen atoms in total. The lowest BCUT2D eigenvalue weighted by Gasteiger charge is -1.96. The van der Waals surface area contributed by atoms with E-state index in [4.69, 9.17) is 0 Å². The Morgan fingerprint density at radius 1 is 1.59 bits per heavy atom. The number of carbonyl (C=O) groups is 1. The molecular weight excluding hydrogens is 228 g/mol. The molecule has 8 heteroatoms. The van der Waals surface area contributed by atoms with Gasteiger partial charge in [-0.15, -0.1) is 0 Å². The van der Waals surface area contributed by atoms with Crippen LogP contribution in [-0.4, -0.2) is 28.1 Å². The summed E-state index contributed by atoms with van der Waals surface area (Å²) >= 11 is 0. The minimum atomic E-state index is -0.668. The van der Waals surface area contributed by atoms with Crippen LogP contribution >= 0.6 is 0 Å². The minimum absolute atomic E-state index is 0.0502. The van der Waals surface area contributed by atoms with E-state index >= 15 is 0 Å². The summed E-state index contributed by atoms with van der Waals surface area (Å²) in [6.07, 6.45) is -0.668. The maximum atomic E-state index is 10.9. The van der Waals surface area contributed by atoms with Gasteiger partial charge in [-0.1, -0.05) is 0 Å². The molecule has 0 atom stereocenters. The van der Waals surface area contributed by atoms with E-state index in [0.717, 1.165) is 0 Å². The molecule has 0 aliphatic heterocycles. The number of nitrogens with one attached hydrogen (secondary N) is 2. The van der Waals surface area contributed by atoms with Gasteiger partial charge in [0.2, 0.25) is 5.95 Å². The molecule has 0 saturated carbocycles. The predicted molar refractivity (Wildman–Crippen MR) is 58.8 cm³/mol. The van der Waals surface area contributed by atoms with Gasteiger partial charge < -0.3 is 9.72 Å². The minimum Gasteiger partial charge on any atom is -0.453 e. The number of aromatic nitrogens is 2. The van der Waals surface area contributed by atoms with E-state index in [1.54, 1.807) is 0 Å². The van der Waals surface area contributed by atoms with Crippen molar-refractivity contribution in [3.8, 4) is 0 Å². The molecule has 0 aliphatic rings. The molecule has 17 heavy (non-hydrogen) atoms. The second kappa shape index (κ2) is 4.08. The molecule has 1 amide bonds. The van der Waals surface area contributed by atoms with Gasteiger partial charge in [0.1, 0.15) is 0 Å². The fourth-order valence-corrected chi connectivity index (χ4v) is 1.32. The maximum absolute atomic E-state index is 10.9. The summed E-state index contributed by atoms with van der Waals surface area (Å²) in [4.78, 5) is 27.7. The highest BCUT2D eigenvalue weighted by Gasteiger charge is 2.10. The van der Waals surface area contributed by atoms with Crippen LogP contribution in [0.1, 0.15) is 0 Å². The lowest BCUT2D eigenvalue weighted by Crippen LogP contribution is -2.11. The Morgan fingerprint density at radius 2 is 2.35 bits per heavy atom. The zero-order chi connectivity index (χ0) is 12.4. The van der Waals surface area contributed by atoms with Crippen LogP contribution in [0.25, 0.3) is 11.0 Å². The molecule has 1 aromatic heterocycles. The Bertz CT molecular complexity index is 592. The van der Waals surface area contributed by atoms with Crippen LogP contribution in [0, 0.1) is 10.1 Å². The summed E-state index contributed by atoms with van der Waals surface area (Å²) in [5.41, 5.74) is 0.929. The quantitative estimate of drug-likeness (QED) is 0.608. The molecular formula is C9H8N4O4. The van der Waals surface area contributed by atoms with E-state index < -0.39 is 11.0 Å². The summed E-state index contributed by atoms with van der Waals surface area (Å²) in [6, 6.07) is 4.17. The molecule has 0 unspecified atom stereocenters. The van der Waals surface area contributed by atoms with Crippen molar-refractivity contribution in [3.05, 3.63) is 28.3 Å². The van der Waals surface area contributed by atoms with Gasteiger partial charge in [0.25, 0.3) is 5.69 Å². The second-order valence-corrected chi connectivity index (χ2v) is 3.16. The standard InChI is InChI=1S/C9H8N4O4/c1-17-9(14)12-8-10-6-3-2-5(13(15)16)4-7(6)11-8/h2-4H,1H3,(H2,10,11,12,14). The van der Waals surface area contributed by atoms with E-state index in [1.807, 2.05) is 0 Å². The highest BCUT2D eigenvalue weighted by atomic mass is 16.6. The molecule has 0 fully saturated rings. The highest BCUT2D eigenvalue weighted by molar-refractivity contribution is 5.86. The van der Waals surface area contributed by atoms with Crippen molar-refractivity contribution >= 4 is 28.8 Å². The molecule has 1 aromatic carbocycles. The van der Waals surface area contributed by atoms with Crippen LogP contribution in [0.3, 0.4) is 0 Å². The number of non-ortho nitro benzene ring substituents is 1. The first kappa shape index (κ1) is 10.9. The molecule has 0 saturated heterocycles. The number of imidazole rings is 1. The zero-order valence-electron chi connectivity index (χ0n) is 8.76. The lowest BCUT2D eigenvalue weighted by atomic mass is 10.3. The summed E-state index contributed by atoms with van der Waals surface area (Å²) in [7, 11) is 1.23. The van der Waals surface area contributed by atoms with E-state index in [0.29, 0.717) is 11.0 Å². The van der Waals surface area contributed by atoms with Gasteiger partial charge in [0, 0.05) is 12.1 Å². The van der Waals surface area contributed by atoms with Crippen molar-refractivity contribution in [1.29, 1.82) is 0 Å². The van der Waals surface area contributed by atoms with Crippen LogP contribution in [0.5, 0.6) is 0 Å². The van der Waals surface area contributed by atoms with Gasteiger partial charge in [-0.2, -0.15) is 0 Å². The highest BCUT2D eigenvalue weighted by Crippen LogP contribution is 2.20. The first-order valence-corrected chi connectivity index (χ1v) is 4.59. The number of nitrogens with zero attached hydrogens (tertiary/aromatic N) is 2. The van der Waals surface area contributed by atoms with E-state index in [1.165, 1.54) is 25.3 Å². The van der Waals surface area contributed by atoms with Crippen LogP contribution in [-0.2, 0) is 4.74 Å². The Morgan fingerprint density at radius 3 is 3.00 bits per heavy atom. The molecule has 2 aromatic rings. The molecule has 2 N–H and O–H groups in total. The zero-order valence-corrected chi connectivity index (χ0v) is 8.76. The van der Waals surface area contributed by atoms with E-state index in [2.05, 4.69) is 20.0 Å². The maximum Gasteiger partial charge on any atom is 0.413 e. The van der Waals surface area contributed by atoms with Gasteiger partial charge in [-0.25, -0.2) is 9.78 Å². The van der Waals surface area contributed by atoms with Gasteiger partial charge in [-0.3, -0.25) is 15.4 Å². The summed E-state index contributed by atoms with van der Waals surface area (Å²) < 4.78 is 4.39. The molecule has 1 heterocycles. The number of fused-ring (bicyclic) bond motifs is 1. The van der Waals surface area contributed by atoms with Gasteiger partial charge >= 0.3 is 6.09 Å². The molecule has 88 valence electrons. The number of H-pyrrole nitrogens is 1. The number of carbonyl (C=O) groups excluding carboxylic acids is 1. The molecule has 0 aliphatic carbocycles. The van der Waals surface area contributed by atoms with Crippen molar-refractivity contribution < 1.29 is 14.5 Å². The number of hydrogen-bond donors (Lipinski definition) is 2. The normalized spacial score (nSPS) is 10.2. The largest absolute Gasteiger partial charge is 0.453 e. The third kappa shape index (κ3) is 2.14. The Hall–Kier alpha value is -2.64. The first-order valence-electron chi connectivity index (χ1n) is 4.59. The third-order valence-electron chi connectivity index (χ3n) is 2.08. The summed E-state index contributed by atoms with van der Waals surface area (Å²) in [5, 5.41) is 12.9. The van der Waals surface area contributed by atoms with Crippen LogP contribution < -0.4 is 5.32 Å². The smallest absolute Gasteiger partial charge is 0.413 e. The van der Waals surface area contributed by atoms with E-state index in [-0.39, 0.29) is 11.6 Å². The SMILES string of the molecule is COC(=O)Nc1nc2ccc([N+](=O)[O-])cc2[nH]1. The van der Waals surface area contributed by atoms with Crippen molar-refractivity contribution in [2.24, 2.45) is 0 Å². The van der Waals surface area contributed by atoms with Crippen molar-refractivity contribution in [2.75, 3.05) is 12.4 Å². The Labute approximate surface area is 94.7 Å². The Kier molecular flexibility index (Phi) is 2.61. The van der Waals surface area contributed by atoms with E-state index in [9.17, 15) is 14.9 Å². The average Bonchev–Trinajstić information content (AvgIpc) is 2.69. The topological polar surface area (TPSA) is 110 Å². The summed E-state index contributed by atoms with van der Waals surface area (Å²) in [5.74, 6) is 0.173. The van der Waals surface area contributed by atoms with Gasteiger partial charge in [0.05, 0.1) is 23.1 Å². The number of rotatable bonds is 2. The molecule has 0 bridgehead atoms. The predicted octanol–water partition coefficient (Wildman–Crippen LogP) is 1.65. The Balaban J connectivity index is 2.37. The molecule has 0 radical (unpaired) electrons.